The molecule has 4 heteroatoms. The molecule has 1 unspecified atom stereocenters. The summed E-state index contributed by atoms with van der Waals surface area (Å²) in [6.45, 7) is 1.74. The molecule has 0 bridgehead atoms. The summed E-state index contributed by atoms with van der Waals surface area (Å²) in [6.07, 6.45) is -0.565. The van der Waals surface area contributed by atoms with Crippen LogP contribution in [-0.2, 0) is 4.74 Å². The van der Waals surface area contributed by atoms with Gasteiger partial charge in [-0.1, -0.05) is 0 Å². The number of halogens is 1. The number of alkyl halides is 1. The van der Waals surface area contributed by atoms with Crippen molar-refractivity contribution in [1.29, 1.82) is 0 Å². The van der Waals surface area contributed by atoms with E-state index in [1.807, 2.05) is 0 Å². The average Bonchev–Trinajstić information content (AvgIpc) is 1.87. The van der Waals surface area contributed by atoms with Crippen molar-refractivity contribution in [2.75, 3.05) is 20.0 Å². The molecule has 10 heavy (non-hydrogen) atoms. The van der Waals surface area contributed by atoms with Crippen LogP contribution in [0.1, 0.15) is 6.92 Å². The number of amides is 1. The van der Waals surface area contributed by atoms with Crippen molar-refractivity contribution in [2.24, 2.45) is 0 Å². The normalized spacial score (nSPS) is 12.4. The summed E-state index contributed by atoms with van der Waals surface area (Å²) in [4.78, 5) is 12.1. The summed E-state index contributed by atoms with van der Waals surface area (Å²) in [5, 5.41) is 0. The van der Waals surface area contributed by atoms with Crippen LogP contribution in [0, 0.1) is 0 Å². The largest absolute Gasteiger partial charge is 0.445 e. The van der Waals surface area contributed by atoms with Crippen molar-refractivity contribution in [2.45, 2.75) is 13.0 Å². The van der Waals surface area contributed by atoms with Crippen LogP contribution in [0.4, 0.5) is 4.79 Å². The fraction of sp³-hybridized carbons (Fsp3) is 0.833. The summed E-state index contributed by atoms with van der Waals surface area (Å²) in [5.74, 6) is 0.333. The lowest BCUT2D eigenvalue weighted by molar-refractivity contribution is 0.0916. The third-order valence-corrected chi connectivity index (χ3v) is 1.32. The Morgan fingerprint density at radius 2 is 2.20 bits per heavy atom. The summed E-state index contributed by atoms with van der Waals surface area (Å²) in [6, 6.07) is 0. The van der Waals surface area contributed by atoms with Crippen LogP contribution in [0.3, 0.4) is 0 Å². The Bertz CT molecular complexity index is 116. The molecule has 0 rings (SSSR count). The highest BCUT2D eigenvalue weighted by Crippen LogP contribution is 1.96. The first kappa shape index (κ1) is 9.56. The molecule has 0 aromatic carbocycles. The molecule has 0 aliphatic carbocycles. The Labute approximate surface area is 65.9 Å². The smallest absolute Gasteiger partial charge is 0.409 e. The maximum absolute atomic E-state index is 10.8. The van der Waals surface area contributed by atoms with Crippen molar-refractivity contribution >= 4 is 17.7 Å². The van der Waals surface area contributed by atoms with Crippen molar-refractivity contribution in [1.82, 2.24) is 4.90 Å². The van der Waals surface area contributed by atoms with Gasteiger partial charge in [0.15, 0.2) is 0 Å². The maximum Gasteiger partial charge on any atom is 0.409 e. The van der Waals surface area contributed by atoms with Crippen LogP contribution in [0.5, 0.6) is 0 Å². The predicted octanol–water partition coefficient (Wildman–Crippen LogP) is 1.31. The molecule has 1 atom stereocenters. The number of rotatable bonds is 2. The summed E-state index contributed by atoms with van der Waals surface area (Å²) in [7, 11) is 3.26. The van der Waals surface area contributed by atoms with Crippen molar-refractivity contribution in [3.8, 4) is 0 Å². The topological polar surface area (TPSA) is 29.5 Å². The summed E-state index contributed by atoms with van der Waals surface area (Å²) < 4.78 is 4.82. The van der Waals surface area contributed by atoms with Gasteiger partial charge in [-0.25, -0.2) is 4.79 Å². The Morgan fingerprint density at radius 1 is 1.70 bits per heavy atom. The van der Waals surface area contributed by atoms with Crippen molar-refractivity contribution < 1.29 is 9.53 Å². The number of hydrogen-bond acceptors (Lipinski definition) is 2. The first-order valence-electron chi connectivity index (χ1n) is 3.01. The molecular formula is C6H12ClNO2. The van der Waals surface area contributed by atoms with Gasteiger partial charge in [0, 0.05) is 14.1 Å². The highest BCUT2D eigenvalue weighted by Gasteiger charge is 2.08. The lowest BCUT2D eigenvalue weighted by Gasteiger charge is -2.14. The van der Waals surface area contributed by atoms with Gasteiger partial charge in [-0.2, -0.15) is 0 Å². The molecule has 0 aromatic rings. The maximum atomic E-state index is 10.8. The molecule has 0 saturated carbocycles. The van der Waals surface area contributed by atoms with Gasteiger partial charge in [0.1, 0.15) is 6.10 Å². The van der Waals surface area contributed by atoms with Gasteiger partial charge in [0.05, 0.1) is 5.88 Å². The second kappa shape index (κ2) is 4.39. The highest BCUT2D eigenvalue weighted by atomic mass is 35.5. The summed E-state index contributed by atoms with van der Waals surface area (Å²) in [5.41, 5.74) is 0. The van der Waals surface area contributed by atoms with Gasteiger partial charge in [-0.3, -0.25) is 0 Å². The minimum absolute atomic E-state index is 0.212. The average molecular weight is 166 g/mol. The second-order valence-electron chi connectivity index (χ2n) is 2.24. The Kier molecular flexibility index (Phi) is 4.19. The van der Waals surface area contributed by atoms with E-state index >= 15 is 0 Å². The number of hydrogen-bond donors (Lipinski definition) is 0. The fourth-order valence-electron chi connectivity index (χ4n) is 0.309. The first-order chi connectivity index (χ1) is 4.57. The number of carbonyl (C=O) groups is 1. The van der Waals surface area contributed by atoms with Crippen molar-refractivity contribution in [3.63, 3.8) is 0 Å². The Balaban J connectivity index is 3.57. The van der Waals surface area contributed by atoms with Gasteiger partial charge in [0.25, 0.3) is 0 Å². The summed E-state index contributed by atoms with van der Waals surface area (Å²) >= 11 is 5.41. The highest BCUT2D eigenvalue weighted by molar-refractivity contribution is 6.18. The van der Waals surface area contributed by atoms with Gasteiger partial charge in [0.2, 0.25) is 0 Å². The molecular weight excluding hydrogens is 154 g/mol. The lowest BCUT2D eigenvalue weighted by Crippen LogP contribution is -2.27. The molecule has 0 heterocycles. The van der Waals surface area contributed by atoms with Gasteiger partial charge < -0.3 is 9.64 Å². The zero-order chi connectivity index (χ0) is 8.15. The molecule has 0 saturated heterocycles. The molecule has 0 radical (unpaired) electrons. The molecule has 1 amide bonds. The van der Waals surface area contributed by atoms with Crippen LogP contribution in [0.15, 0.2) is 0 Å². The standard InChI is InChI=1S/C6H12ClNO2/c1-5(4-7)10-6(9)8(2)3/h5H,4H2,1-3H3. The van der Waals surface area contributed by atoms with Gasteiger partial charge in [-0.05, 0) is 6.92 Å². The van der Waals surface area contributed by atoms with E-state index in [0.29, 0.717) is 5.88 Å². The monoisotopic (exact) mass is 165 g/mol. The van der Waals surface area contributed by atoms with Gasteiger partial charge >= 0.3 is 6.09 Å². The van der Waals surface area contributed by atoms with Crippen LogP contribution in [0.2, 0.25) is 0 Å². The minimum Gasteiger partial charge on any atom is -0.445 e. The zero-order valence-corrected chi connectivity index (χ0v) is 7.18. The quantitative estimate of drug-likeness (QED) is 0.578. The molecule has 0 N–H and O–H groups in total. The molecule has 3 nitrogen and oxygen atoms in total. The number of carbonyl (C=O) groups excluding carboxylic acids is 1. The Morgan fingerprint density at radius 3 is 2.50 bits per heavy atom. The van der Waals surface area contributed by atoms with E-state index in [1.54, 1.807) is 21.0 Å². The predicted molar refractivity (Wildman–Crippen MR) is 40.4 cm³/mol. The first-order valence-corrected chi connectivity index (χ1v) is 3.55. The molecule has 60 valence electrons. The van der Waals surface area contributed by atoms with Crippen LogP contribution >= 0.6 is 11.6 Å². The third kappa shape index (κ3) is 3.56. The fourth-order valence-corrected chi connectivity index (χ4v) is 0.372. The molecule has 0 fully saturated rings. The molecule has 0 aromatic heterocycles. The zero-order valence-electron chi connectivity index (χ0n) is 6.43. The second-order valence-corrected chi connectivity index (χ2v) is 2.55. The number of ether oxygens (including phenoxy) is 1. The van der Waals surface area contributed by atoms with Crippen LogP contribution in [0.25, 0.3) is 0 Å². The minimum atomic E-state index is -0.354. The van der Waals surface area contributed by atoms with Crippen molar-refractivity contribution in [3.05, 3.63) is 0 Å². The molecule has 0 spiro atoms. The van der Waals surface area contributed by atoms with E-state index < -0.39 is 0 Å². The van der Waals surface area contributed by atoms with Crippen LogP contribution in [-0.4, -0.2) is 37.1 Å². The molecule has 0 aliphatic rings. The van der Waals surface area contributed by atoms with E-state index in [1.165, 1.54) is 4.90 Å². The number of nitrogens with zero attached hydrogens (tertiary/aromatic N) is 1. The van der Waals surface area contributed by atoms with Crippen LogP contribution < -0.4 is 0 Å². The third-order valence-electron chi connectivity index (χ3n) is 0.884. The SMILES string of the molecule is CC(CCl)OC(=O)N(C)C. The van der Waals surface area contributed by atoms with E-state index in [0.717, 1.165) is 0 Å². The van der Waals surface area contributed by atoms with E-state index in [-0.39, 0.29) is 12.2 Å². The van der Waals surface area contributed by atoms with E-state index in [4.69, 9.17) is 16.3 Å². The van der Waals surface area contributed by atoms with Gasteiger partial charge in [-0.15, -0.1) is 11.6 Å². The molecule has 0 aliphatic heterocycles. The van der Waals surface area contributed by atoms with E-state index in [9.17, 15) is 4.79 Å². The lowest BCUT2D eigenvalue weighted by atomic mass is 10.5. The Hall–Kier alpha value is -0.440. The van der Waals surface area contributed by atoms with E-state index in [2.05, 4.69) is 0 Å².